The maximum Gasteiger partial charge on any atom is 0.299 e. The highest BCUT2D eigenvalue weighted by Crippen LogP contribution is 2.32. The number of nitrogens with two attached hydrogens (primary N) is 2. The lowest BCUT2D eigenvalue weighted by molar-refractivity contribution is -0.393. The monoisotopic (exact) mass is 312 g/mol. The summed E-state index contributed by atoms with van der Waals surface area (Å²) in [4.78, 5) is 42.2. The number of carbonyl (C=O) groups excluding carboxylic acids is 2. The molecule has 2 amide bonds. The molecule has 0 heterocycles. The Hall–Kier alpha value is -3.28. The van der Waals surface area contributed by atoms with E-state index in [1.165, 1.54) is 0 Å². The quantitative estimate of drug-likeness (QED) is 0.221. The second-order valence-electron chi connectivity index (χ2n) is 4.01. The number of nitrogens with zero attached hydrogens (tertiary/aromatic N) is 2. The van der Waals surface area contributed by atoms with Crippen molar-refractivity contribution in [3.63, 3.8) is 0 Å². The first-order valence-electron chi connectivity index (χ1n) is 5.77. The first-order chi connectivity index (χ1) is 10.3. The summed E-state index contributed by atoms with van der Waals surface area (Å²) in [5, 5.41) is 24.3. The molecule has 6 N–H and O–H groups in total. The Morgan fingerprint density at radius 2 is 1.73 bits per heavy atom. The molecule has 0 saturated heterocycles. The number of hydrogen-bond donors (Lipinski definition) is 4. The van der Waals surface area contributed by atoms with Crippen LogP contribution < -0.4 is 22.3 Å². The Morgan fingerprint density at radius 1 is 1.14 bits per heavy atom. The van der Waals surface area contributed by atoms with Crippen LogP contribution in [-0.4, -0.2) is 28.2 Å². The van der Waals surface area contributed by atoms with Gasteiger partial charge in [0.15, 0.2) is 0 Å². The number of benzene rings is 1. The Balaban J connectivity index is 3.21. The molecule has 22 heavy (non-hydrogen) atoms. The van der Waals surface area contributed by atoms with Crippen molar-refractivity contribution in [3.8, 4) is 0 Å². The summed E-state index contributed by atoms with van der Waals surface area (Å²) in [5.74, 6) is 3.25. The van der Waals surface area contributed by atoms with Crippen LogP contribution in [0.25, 0.3) is 0 Å². The minimum absolute atomic E-state index is 0.0418. The van der Waals surface area contributed by atoms with Crippen LogP contribution >= 0.6 is 0 Å². The number of nitrogens with one attached hydrogen (secondary N) is 2. The van der Waals surface area contributed by atoms with E-state index in [0.29, 0.717) is 6.07 Å². The Kier molecular flexibility index (Phi) is 5.29. The van der Waals surface area contributed by atoms with Crippen molar-refractivity contribution >= 4 is 28.9 Å². The van der Waals surface area contributed by atoms with E-state index in [1.54, 1.807) is 0 Å². The van der Waals surface area contributed by atoms with Crippen LogP contribution in [0.1, 0.15) is 16.8 Å². The molecule has 0 aliphatic rings. The number of amides is 2. The minimum Gasteiger partial charge on any atom is -0.379 e. The van der Waals surface area contributed by atoms with Gasteiger partial charge in [-0.25, -0.2) is 5.84 Å². The Morgan fingerprint density at radius 3 is 2.18 bits per heavy atom. The summed E-state index contributed by atoms with van der Waals surface area (Å²) in [5.41, 5.74) is 4.84. The average Bonchev–Trinajstić information content (AvgIpc) is 2.45. The number of carbonyl (C=O) groups is 2. The standard InChI is InChI=1S/C10H12N6O6/c11-10(18)5-3-6(13-2-1-9(17)14-12)8(16(21)22)4-7(5)15(19)20/h3-4,13H,1-2,12H2,(H2,11,18)(H,14,17). The lowest BCUT2D eigenvalue weighted by atomic mass is 10.1. The third kappa shape index (κ3) is 3.86. The van der Waals surface area contributed by atoms with Crippen LogP contribution in [-0.2, 0) is 4.79 Å². The number of nitro groups is 2. The lowest BCUT2D eigenvalue weighted by Crippen LogP contribution is -2.31. The number of anilines is 1. The molecule has 0 radical (unpaired) electrons. The lowest BCUT2D eigenvalue weighted by Gasteiger charge is -2.08. The van der Waals surface area contributed by atoms with Crippen molar-refractivity contribution in [1.29, 1.82) is 0 Å². The number of hydrogen-bond acceptors (Lipinski definition) is 8. The van der Waals surface area contributed by atoms with Crippen molar-refractivity contribution in [1.82, 2.24) is 5.43 Å². The Bertz CT molecular complexity index is 645. The van der Waals surface area contributed by atoms with E-state index in [1.807, 2.05) is 5.43 Å². The van der Waals surface area contributed by atoms with E-state index in [0.717, 1.165) is 6.07 Å². The van der Waals surface area contributed by atoms with E-state index < -0.39 is 38.6 Å². The van der Waals surface area contributed by atoms with Crippen molar-refractivity contribution in [2.45, 2.75) is 6.42 Å². The van der Waals surface area contributed by atoms with Crippen molar-refractivity contribution in [3.05, 3.63) is 37.9 Å². The summed E-state index contributed by atoms with van der Waals surface area (Å²) in [7, 11) is 0. The van der Waals surface area contributed by atoms with Crippen LogP contribution in [0, 0.1) is 20.2 Å². The van der Waals surface area contributed by atoms with Crippen LogP contribution in [0.3, 0.4) is 0 Å². The zero-order valence-electron chi connectivity index (χ0n) is 11.1. The fourth-order valence-corrected chi connectivity index (χ4v) is 1.60. The molecule has 0 aliphatic carbocycles. The summed E-state index contributed by atoms with van der Waals surface area (Å²) in [6.45, 7) is -0.0418. The van der Waals surface area contributed by atoms with E-state index in [2.05, 4.69) is 5.32 Å². The maximum absolute atomic E-state index is 11.2. The molecular weight excluding hydrogens is 300 g/mol. The van der Waals surface area contributed by atoms with Gasteiger partial charge in [0.25, 0.3) is 17.3 Å². The minimum atomic E-state index is -1.11. The molecule has 0 unspecified atom stereocenters. The summed E-state index contributed by atoms with van der Waals surface area (Å²) >= 11 is 0. The van der Waals surface area contributed by atoms with Gasteiger partial charge in [0.1, 0.15) is 11.3 Å². The fraction of sp³-hybridized carbons (Fsp3) is 0.200. The molecule has 118 valence electrons. The fourth-order valence-electron chi connectivity index (χ4n) is 1.60. The molecule has 0 bridgehead atoms. The van der Waals surface area contributed by atoms with E-state index in [-0.39, 0.29) is 18.7 Å². The summed E-state index contributed by atoms with van der Waals surface area (Å²) < 4.78 is 0. The first-order valence-corrected chi connectivity index (χ1v) is 5.77. The predicted octanol–water partition coefficient (Wildman–Crippen LogP) is -0.606. The highest BCUT2D eigenvalue weighted by atomic mass is 16.6. The molecule has 0 atom stereocenters. The third-order valence-electron chi connectivity index (χ3n) is 2.60. The number of primary amides is 1. The average molecular weight is 312 g/mol. The van der Waals surface area contributed by atoms with Gasteiger partial charge in [-0.05, 0) is 6.07 Å². The van der Waals surface area contributed by atoms with Crippen LogP contribution in [0.4, 0.5) is 17.1 Å². The Labute approximate surface area is 122 Å². The molecule has 1 aromatic rings. The smallest absolute Gasteiger partial charge is 0.299 e. The van der Waals surface area contributed by atoms with Crippen LogP contribution in [0.5, 0.6) is 0 Å². The molecule has 0 fully saturated rings. The molecule has 0 aliphatic heterocycles. The predicted molar refractivity (Wildman–Crippen MR) is 73.7 cm³/mol. The van der Waals surface area contributed by atoms with Crippen molar-refractivity contribution in [2.75, 3.05) is 11.9 Å². The van der Waals surface area contributed by atoms with Crippen molar-refractivity contribution in [2.24, 2.45) is 11.6 Å². The topological polar surface area (TPSA) is 197 Å². The second kappa shape index (κ2) is 6.94. The molecule has 0 spiro atoms. The van der Waals surface area contributed by atoms with Gasteiger partial charge in [0.2, 0.25) is 5.91 Å². The molecule has 12 nitrogen and oxygen atoms in total. The zero-order chi connectivity index (χ0) is 16.9. The van der Waals surface area contributed by atoms with Crippen LogP contribution in [0.2, 0.25) is 0 Å². The van der Waals surface area contributed by atoms with Gasteiger partial charge in [-0.1, -0.05) is 0 Å². The number of hydrazine groups is 1. The normalized spacial score (nSPS) is 9.86. The molecule has 1 rings (SSSR count). The third-order valence-corrected chi connectivity index (χ3v) is 2.60. The number of nitro benzene ring substituents is 2. The highest BCUT2D eigenvalue weighted by Gasteiger charge is 2.26. The summed E-state index contributed by atoms with van der Waals surface area (Å²) in [6.07, 6.45) is -0.101. The molecule has 1 aromatic carbocycles. The maximum atomic E-state index is 11.2. The van der Waals surface area contributed by atoms with E-state index >= 15 is 0 Å². The first kappa shape index (κ1) is 16.8. The number of rotatable bonds is 7. The van der Waals surface area contributed by atoms with Gasteiger partial charge in [-0.2, -0.15) is 0 Å². The second-order valence-corrected chi connectivity index (χ2v) is 4.01. The van der Waals surface area contributed by atoms with Gasteiger partial charge in [-0.3, -0.25) is 35.2 Å². The molecule has 0 saturated carbocycles. The summed E-state index contributed by atoms with van der Waals surface area (Å²) in [6, 6.07) is 1.53. The molecule has 0 aromatic heterocycles. The van der Waals surface area contributed by atoms with Gasteiger partial charge < -0.3 is 11.1 Å². The van der Waals surface area contributed by atoms with Crippen LogP contribution in [0.15, 0.2) is 12.1 Å². The van der Waals surface area contributed by atoms with E-state index in [4.69, 9.17) is 11.6 Å². The highest BCUT2D eigenvalue weighted by molar-refractivity contribution is 5.99. The van der Waals surface area contributed by atoms with Gasteiger partial charge >= 0.3 is 0 Å². The van der Waals surface area contributed by atoms with Gasteiger partial charge in [0, 0.05) is 13.0 Å². The zero-order valence-corrected chi connectivity index (χ0v) is 11.1. The SMILES string of the molecule is NNC(=O)CCNc1cc(C(N)=O)c([N+](=O)[O-])cc1[N+](=O)[O-]. The largest absolute Gasteiger partial charge is 0.379 e. The van der Waals surface area contributed by atoms with Gasteiger partial charge in [0.05, 0.1) is 15.9 Å². The van der Waals surface area contributed by atoms with Crippen molar-refractivity contribution < 1.29 is 19.4 Å². The van der Waals surface area contributed by atoms with E-state index in [9.17, 15) is 29.8 Å². The van der Waals surface area contributed by atoms with Gasteiger partial charge in [-0.15, -0.1) is 0 Å². The molecular formula is C10H12N6O6. The molecule has 12 heteroatoms.